The quantitative estimate of drug-likeness (QED) is 0.661. The van der Waals surface area contributed by atoms with Gasteiger partial charge in [-0.3, -0.25) is 9.89 Å². The molecule has 1 heterocycles. The van der Waals surface area contributed by atoms with Gasteiger partial charge in [0.25, 0.3) is 0 Å². The molecule has 0 unspecified atom stereocenters. The Kier molecular flexibility index (Phi) is 7.22. The van der Waals surface area contributed by atoms with Crippen molar-refractivity contribution < 1.29 is 9.18 Å². The van der Waals surface area contributed by atoms with Gasteiger partial charge in [-0.1, -0.05) is 24.3 Å². The van der Waals surface area contributed by atoms with E-state index in [-0.39, 0.29) is 11.8 Å². The number of rotatable bonds is 7. The van der Waals surface area contributed by atoms with Crippen LogP contribution in [0.25, 0.3) is 0 Å². The number of benzene rings is 2. The first kappa shape index (κ1) is 21.6. The largest absolute Gasteiger partial charge is 0.365 e. The summed E-state index contributed by atoms with van der Waals surface area (Å²) in [5.41, 5.74) is 5.19. The van der Waals surface area contributed by atoms with Gasteiger partial charge in [-0.05, 0) is 62.6 Å². The maximum absolute atomic E-state index is 13.1. The second kappa shape index (κ2) is 10.1. The smallest absolute Gasteiger partial charge is 0.322 e. The minimum Gasteiger partial charge on any atom is -0.365 e. The van der Waals surface area contributed by atoms with Crippen LogP contribution in [0.3, 0.4) is 0 Å². The molecule has 0 atom stereocenters. The summed E-state index contributed by atoms with van der Waals surface area (Å²) in [7, 11) is 0. The van der Waals surface area contributed by atoms with Gasteiger partial charge in [0.15, 0.2) is 0 Å². The average Bonchev–Trinajstić information content (AvgIpc) is 3.15. The molecule has 2 amide bonds. The molecule has 0 aliphatic carbocycles. The summed E-state index contributed by atoms with van der Waals surface area (Å²) in [6, 6.07) is 12.2. The fourth-order valence-corrected chi connectivity index (χ4v) is 3.65. The second-order valence-corrected chi connectivity index (χ2v) is 7.18. The Morgan fingerprint density at radius 1 is 1.23 bits per heavy atom. The van der Waals surface area contributed by atoms with E-state index in [1.54, 1.807) is 17.0 Å². The van der Waals surface area contributed by atoms with Crippen LogP contribution in [0.2, 0.25) is 0 Å². The number of nitrogens with zero attached hydrogens (tertiary/aromatic N) is 3. The van der Waals surface area contributed by atoms with E-state index < -0.39 is 0 Å². The summed E-state index contributed by atoms with van der Waals surface area (Å²) in [6.07, 6.45) is 4.83. The van der Waals surface area contributed by atoms with Crippen LogP contribution in [0.5, 0.6) is 0 Å². The molecule has 0 fully saturated rings. The molecule has 2 aromatic carbocycles. The van der Waals surface area contributed by atoms with Gasteiger partial charge in [0.1, 0.15) is 5.82 Å². The summed E-state index contributed by atoms with van der Waals surface area (Å²) in [5.74, 6) is -0.284. The minimum atomic E-state index is -0.284. The third-order valence-corrected chi connectivity index (χ3v) is 5.27. The molecule has 2 aromatic rings. The number of allylic oxidation sites excluding steroid dienone is 1. The highest BCUT2D eigenvalue weighted by molar-refractivity contribution is 5.92. The Hall–Kier alpha value is -3.15. The first-order valence-corrected chi connectivity index (χ1v) is 10.4. The third kappa shape index (κ3) is 5.06. The van der Waals surface area contributed by atoms with Gasteiger partial charge in [-0.15, -0.1) is 0 Å². The lowest BCUT2D eigenvalue weighted by atomic mass is 10.1. The number of nitrogens with one attached hydrogen (secondary N) is 1. The number of hydrogen-bond acceptors (Lipinski definition) is 3. The van der Waals surface area contributed by atoms with Crippen molar-refractivity contribution in [1.29, 1.82) is 0 Å². The van der Waals surface area contributed by atoms with Crippen LogP contribution < -0.4 is 15.1 Å². The second-order valence-electron chi connectivity index (χ2n) is 7.18. The van der Waals surface area contributed by atoms with Crippen LogP contribution in [-0.4, -0.2) is 31.9 Å². The molecule has 0 spiro atoms. The molecule has 0 radical (unpaired) electrons. The fourth-order valence-electron chi connectivity index (χ4n) is 3.65. The number of carbonyl (C=O) groups excluding carboxylic acids is 1. The van der Waals surface area contributed by atoms with Crippen molar-refractivity contribution in [2.75, 3.05) is 29.4 Å². The van der Waals surface area contributed by atoms with E-state index in [2.05, 4.69) is 27.3 Å². The van der Waals surface area contributed by atoms with Gasteiger partial charge in [-0.2, -0.15) is 0 Å². The minimum absolute atomic E-state index is 0.170. The Morgan fingerprint density at radius 2 is 2.00 bits per heavy atom. The normalized spacial score (nSPS) is 13.6. The molecular weight excluding hydrogens is 379 g/mol. The Morgan fingerprint density at radius 3 is 2.67 bits per heavy atom. The number of hydrogen-bond donors (Lipinski definition) is 1. The number of urea groups is 1. The summed E-state index contributed by atoms with van der Waals surface area (Å²) in [5, 5.41) is 2.93. The predicted molar refractivity (Wildman–Crippen MR) is 122 cm³/mol. The van der Waals surface area contributed by atoms with Gasteiger partial charge < -0.3 is 10.2 Å². The third-order valence-electron chi connectivity index (χ3n) is 5.27. The predicted octanol–water partition coefficient (Wildman–Crippen LogP) is 4.92. The topological polar surface area (TPSA) is 47.9 Å². The van der Waals surface area contributed by atoms with Crippen LogP contribution in [0.4, 0.5) is 20.6 Å². The Bertz CT molecular complexity index is 937. The highest BCUT2D eigenvalue weighted by Crippen LogP contribution is 2.33. The maximum atomic E-state index is 13.1. The highest BCUT2D eigenvalue weighted by Gasteiger charge is 2.22. The number of anilines is 2. The van der Waals surface area contributed by atoms with Gasteiger partial charge in [0.2, 0.25) is 0 Å². The lowest BCUT2D eigenvalue weighted by Crippen LogP contribution is -2.39. The molecule has 158 valence electrons. The van der Waals surface area contributed by atoms with Crippen molar-refractivity contribution >= 4 is 23.6 Å². The van der Waals surface area contributed by atoms with E-state index in [1.165, 1.54) is 17.7 Å². The number of fused-ring (bicyclic) bond motifs is 1. The first-order chi connectivity index (χ1) is 14.5. The molecule has 1 aliphatic heterocycles. The molecule has 6 heteroatoms. The van der Waals surface area contributed by atoms with Crippen molar-refractivity contribution in [3.8, 4) is 0 Å². The molecule has 0 saturated heterocycles. The number of amides is 2. The number of aliphatic imine (C=N–C) groups is 1. The standard InChI is InChI=1S/C24H29FN4O/c1-4-21(26-5-2)17-28-14-13-19-9-12-22(15-23(19)28)29(6-3)24(30)27-16-18-7-10-20(25)11-8-18/h4-5,7-12,15H,6,13-14,16-17H2,1-3H3,(H,27,30)/b21-4-,26-5?. The Labute approximate surface area is 177 Å². The van der Waals surface area contributed by atoms with Crippen LogP contribution >= 0.6 is 0 Å². The number of halogens is 1. The van der Waals surface area contributed by atoms with Crippen molar-refractivity contribution in [2.24, 2.45) is 4.99 Å². The zero-order valence-electron chi connectivity index (χ0n) is 17.9. The average molecular weight is 409 g/mol. The molecule has 1 N–H and O–H groups in total. The molecule has 30 heavy (non-hydrogen) atoms. The van der Waals surface area contributed by atoms with E-state index in [1.807, 2.05) is 39.1 Å². The number of carbonyl (C=O) groups is 1. The summed E-state index contributed by atoms with van der Waals surface area (Å²) < 4.78 is 13.1. The van der Waals surface area contributed by atoms with Gasteiger partial charge in [0, 0.05) is 37.2 Å². The fraction of sp³-hybridized carbons (Fsp3) is 0.333. The summed E-state index contributed by atoms with van der Waals surface area (Å²) in [6.45, 7) is 8.47. The molecular formula is C24H29FN4O. The van der Waals surface area contributed by atoms with Gasteiger partial charge in [0.05, 0.1) is 12.2 Å². The Balaban J connectivity index is 1.73. The molecule has 1 aliphatic rings. The summed E-state index contributed by atoms with van der Waals surface area (Å²) in [4.78, 5) is 21.3. The zero-order chi connectivity index (χ0) is 21.5. The molecule has 5 nitrogen and oxygen atoms in total. The van der Waals surface area contributed by atoms with Crippen LogP contribution in [-0.2, 0) is 13.0 Å². The van der Waals surface area contributed by atoms with Gasteiger partial charge >= 0.3 is 6.03 Å². The SMILES string of the molecule is CC=N/C(=C\C)CN1CCc2ccc(N(CC)C(=O)NCc3ccc(F)cc3)cc21. The van der Waals surface area contributed by atoms with E-state index in [4.69, 9.17) is 0 Å². The molecule has 3 rings (SSSR count). The maximum Gasteiger partial charge on any atom is 0.322 e. The van der Waals surface area contributed by atoms with E-state index in [0.717, 1.165) is 42.1 Å². The van der Waals surface area contributed by atoms with Gasteiger partial charge in [-0.25, -0.2) is 9.18 Å². The van der Waals surface area contributed by atoms with Crippen molar-refractivity contribution in [3.05, 3.63) is 71.2 Å². The lowest BCUT2D eigenvalue weighted by molar-refractivity contribution is 0.246. The first-order valence-electron chi connectivity index (χ1n) is 10.4. The zero-order valence-corrected chi connectivity index (χ0v) is 17.9. The van der Waals surface area contributed by atoms with Crippen LogP contribution in [0.15, 0.2) is 59.2 Å². The van der Waals surface area contributed by atoms with Crippen LogP contribution in [0, 0.1) is 5.82 Å². The van der Waals surface area contributed by atoms with E-state index >= 15 is 0 Å². The van der Waals surface area contributed by atoms with Crippen LogP contribution in [0.1, 0.15) is 31.9 Å². The van der Waals surface area contributed by atoms with Crippen molar-refractivity contribution in [2.45, 2.75) is 33.7 Å². The molecule has 0 bridgehead atoms. The molecule has 0 saturated carbocycles. The van der Waals surface area contributed by atoms with Crippen molar-refractivity contribution in [3.63, 3.8) is 0 Å². The lowest BCUT2D eigenvalue weighted by Gasteiger charge is -2.25. The molecule has 0 aromatic heterocycles. The monoisotopic (exact) mass is 408 g/mol. The van der Waals surface area contributed by atoms with Crippen molar-refractivity contribution in [1.82, 2.24) is 5.32 Å². The summed E-state index contributed by atoms with van der Waals surface area (Å²) >= 11 is 0. The van der Waals surface area contributed by atoms with E-state index in [9.17, 15) is 9.18 Å². The highest BCUT2D eigenvalue weighted by atomic mass is 19.1. The van der Waals surface area contributed by atoms with E-state index in [0.29, 0.717) is 13.1 Å².